The van der Waals surface area contributed by atoms with Crippen molar-refractivity contribution in [3.63, 3.8) is 0 Å². The van der Waals surface area contributed by atoms with Crippen LogP contribution < -0.4 is 20.1 Å². The van der Waals surface area contributed by atoms with E-state index in [4.69, 9.17) is 9.47 Å². The van der Waals surface area contributed by atoms with Gasteiger partial charge in [0, 0.05) is 26.7 Å². The van der Waals surface area contributed by atoms with Crippen molar-refractivity contribution in [1.29, 1.82) is 0 Å². The minimum absolute atomic E-state index is 0. The molecule has 0 spiro atoms. The lowest BCUT2D eigenvalue weighted by atomic mass is 10.1. The molecule has 11 heteroatoms. The average Bonchev–Trinajstić information content (AvgIpc) is 2.75. The highest BCUT2D eigenvalue weighted by atomic mass is 127. The Morgan fingerprint density at radius 1 is 1.32 bits per heavy atom. The summed E-state index contributed by atoms with van der Waals surface area (Å²) in [5.41, 5.74) is 0. The second-order valence-electron chi connectivity index (χ2n) is 7.11. The summed E-state index contributed by atoms with van der Waals surface area (Å²) < 4.78 is 51.9. The van der Waals surface area contributed by atoms with Crippen molar-refractivity contribution >= 4 is 40.0 Å². The number of guanidine groups is 1. The van der Waals surface area contributed by atoms with Crippen LogP contribution in [0.3, 0.4) is 0 Å². The van der Waals surface area contributed by atoms with Crippen LogP contribution in [0, 0.1) is 5.82 Å². The Morgan fingerprint density at radius 3 is 2.74 bits per heavy atom. The predicted octanol–water partition coefficient (Wildman–Crippen LogP) is 2.25. The van der Waals surface area contributed by atoms with Gasteiger partial charge < -0.3 is 20.1 Å². The first kappa shape index (κ1) is 27.9. The molecule has 1 saturated heterocycles. The van der Waals surface area contributed by atoms with Crippen LogP contribution in [-0.2, 0) is 14.8 Å². The number of hydrogen-bond donors (Lipinski definition) is 3. The maximum absolute atomic E-state index is 13.8. The third kappa shape index (κ3) is 10.8. The first-order chi connectivity index (χ1) is 14.4. The Hall–Kier alpha value is -1.18. The molecule has 8 nitrogen and oxygen atoms in total. The summed E-state index contributed by atoms with van der Waals surface area (Å²) in [7, 11) is -1.81. The van der Waals surface area contributed by atoms with Crippen LogP contribution in [0.25, 0.3) is 0 Å². The standard InChI is InChI=1S/C20H33FN4O4S.HI/c1-3-16(29-19-10-5-4-9-18(19)21)14-24-20(22-2)23-11-13-30(26,27)25-15-17-8-6-7-12-28-17;/h4-5,9-10,16-17,25H,3,6-8,11-15H2,1-2H3,(H2,22,23,24);1H. The van der Waals surface area contributed by atoms with Gasteiger partial charge >= 0.3 is 0 Å². The fourth-order valence-electron chi connectivity index (χ4n) is 2.98. The van der Waals surface area contributed by atoms with Gasteiger partial charge in [0.2, 0.25) is 10.0 Å². The maximum atomic E-state index is 13.8. The van der Waals surface area contributed by atoms with Crippen molar-refractivity contribution in [3.05, 3.63) is 30.1 Å². The van der Waals surface area contributed by atoms with Crippen molar-refractivity contribution in [2.45, 2.75) is 44.8 Å². The summed E-state index contributed by atoms with van der Waals surface area (Å²) in [6.07, 6.45) is 3.33. The van der Waals surface area contributed by atoms with Crippen molar-refractivity contribution in [3.8, 4) is 5.75 Å². The van der Waals surface area contributed by atoms with Crippen LogP contribution in [0.4, 0.5) is 4.39 Å². The van der Waals surface area contributed by atoms with Gasteiger partial charge in [-0.3, -0.25) is 4.99 Å². The van der Waals surface area contributed by atoms with Gasteiger partial charge in [-0.05, 0) is 37.8 Å². The molecule has 0 amide bonds. The number of benzene rings is 1. The Morgan fingerprint density at radius 2 is 2.10 bits per heavy atom. The Balaban J connectivity index is 0.00000480. The molecule has 2 unspecified atom stereocenters. The number of nitrogens with zero attached hydrogens (tertiary/aromatic N) is 1. The highest BCUT2D eigenvalue weighted by molar-refractivity contribution is 14.0. The smallest absolute Gasteiger partial charge is 0.213 e. The zero-order chi connectivity index (χ0) is 21.8. The highest BCUT2D eigenvalue weighted by Gasteiger charge is 2.18. The van der Waals surface area contributed by atoms with Crippen LogP contribution in [0.2, 0.25) is 0 Å². The Bertz CT molecular complexity index is 776. The lowest BCUT2D eigenvalue weighted by molar-refractivity contribution is 0.0200. The Labute approximate surface area is 201 Å². The Kier molecular flexibility index (Phi) is 13.3. The summed E-state index contributed by atoms with van der Waals surface area (Å²) in [5, 5.41) is 6.06. The minimum Gasteiger partial charge on any atom is -0.486 e. The molecule has 0 bridgehead atoms. The molecule has 3 N–H and O–H groups in total. The SMILES string of the molecule is CCC(CNC(=NC)NCCS(=O)(=O)NCC1CCCCO1)Oc1ccccc1F.I. The first-order valence-corrected chi connectivity index (χ1v) is 12.0. The third-order valence-electron chi connectivity index (χ3n) is 4.77. The maximum Gasteiger partial charge on any atom is 0.213 e. The van der Waals surface area contributed by atoms with Gasteiger partial charge in [-0.2, -0.15) is 0 Å². The number of para-hydroxylation sites is 1. The molecule has 31 heavy (non-hydrogen) atoms. The molecule has 0 aliphatic carbocycles. The molecule has 2 atom stereocenters. The van der Waals surface area contributed by atoms with E-state index in [-0.39, 0.29) is 54.2 Å². The summed E-state index contributed by atoms with van der Waals surface area (Å²) in [6.45, 7) is 3.54. The zero-order valence-corrected chi connectivity index (χ0v) is 21.2. The van der Waals surface area contributed by atoms with Crippen LogP contribution in [-0.4, -0.2) is 65.6 Å². The van der Waals surface area contributed by atoms with Gasteiger partial charge in [-0.1, -0.05) is 19.1 Å². The van der Waals surface area contributed by atoms with Crippen molar-refractivity contribution in [2.75, 3.05) is 39.0 Å². The molecule has 2 rings (SSSR count). The number of sulfonamides is 1. The summed E-state index contributed by atoms with van der Waals surface area (Å²) >= 11 is 0. The molecular weight excluding hydrogens is 538 g/mol. The summed E-state index contributed by atoms with van der Waals surface area (Å²) in [5.74, 6) is 0.169. The van der Waals surface area contributed by atoms with Gasteiger partial charge in [0.1, 0.15) is 6.10 Å². The van der Waals surface area contributed by atoms with Crippen LogP contribution >= 0.6 is 24.0 Å². The van der Waals surface area contributed by atoms with E-state index in [2.05, 4.69) is 20.3 Å². The van der Waals surface area contributed by atoms with Crippen molar-refractivity contribution < 1.29 is 22.3 Å². The zero-order valence-electron chi connectivity index (χ0n) is 18.1. The van der Waals surface area contributed by atoms with E-state index < -0.39 is 15.8 Å². The molecule has 1 heterocycles. The summed E-state index contributed by atoms with van der Waals surface area (Å²) in [6, 6.07) is 6.26. The first-order valence-electron chi connectivity index (χ1n) is 10.4. The molecule has 1 aliphatic rings. The number of hydrogen-bond acceptors (Lipinski definition) is 5. The van der Waals surface area contributed by atoms with Crippen LogP contribution in [0.5, 0.6) is 5.75 Å². The molecule has 178 valence electrons. The second-order valence-corrected chi connectivity index (χ2v) is 9.04. The second kappa shape index (κ2) is 14.8. The number of ether oxygens (including phenoxy) is 2. The van der Waals surface area contributed by atoms with E-state index in [0.29, 0.717) is 32.1 Å². The van der Waals surface area contributed by atoms with E-state index in [0.717, 1.165) is 19.3 Å². The van der Waals surface area contributed by atoms with Gasteiger partial charge in [0.25, 0.3) is 0 Å². The van der Waals surface area contributed by atoms with E-state index in [1.54, 1.807) is 25.2 Å². The van der Waals surface area contributed by atoms with E-state index in [1.165, 1.54) is 6.07 Å². The van der Waals surface area contributed by atoms with Gasteiger partial charge in [-0.25, -0.2) is 17.5 Å². The highest BCUT2D eigenvalue weighted by Crippen LogP contribution is 2.17. The fourth-order valence-corrected chi connectivity index (χ4v) is 3.94. The lowest BCUT2D eigenvalue weighted by Gasteiger charge is -2.22. The topological polar surface area (TPSA) is 101 Å². The van der Waals surface area contributed by atoms with E-state index in [9.17, 15) is 12.8 Å². The summed E-state index contributed by atoms with van der Waals surface area (Å²) in [4.78, 5) is 4.09. The van der Waals surface area contributed by atoms with Crippen LogP contribution in [0.1, 0.15) is 32.6 Å². The number of rotatable bonds is 11. The molecule has 0 saturated carbocycles. The minimum atomic E-state index is -3.41. The fraction of sp³-hybridized carbons (Fsp3) is 0.650. The van der Waals surface area contributed by atoms with E-state index in [1.807, 2.05) is 6.92 Å². The molecular formula is C20H34FIN4O4S. The normalized spacial score (nSPS) is 18.0. The average molecular weight is 572 g/mol. The third-order valence-corrected chi connectivity index (χ3v) is 6.12. The van der Waals surface area contributed by atoms with Gasteiger partial charge in [0.15, 0.2) is 17.5 Å². The van der Waals surface area contributed by atoms with Crippen molar-refractivity contribution in [1.82, 2.24) is 15.4 Å². The molecule has 1 aromatic rings. The van der Waals surface area contributed by atoms with E-state index >= 15 is 0 Å². The number of aliphatic imine (C=N–C) groups is 1. The van der Waals surface area contributed by atoms with Crippen molar-refractivity contribution in [2.24, 2.45) is 4.99 Å². The van der Waals surface area contributed by atoms with Gasteiger partial charge in [0.05, 0.1) is 18.4 Å². The molecule has 0 radical (unpaired) electrons. The molecule has 0 aromatic heterocycles. The van der Waals surface area contributed by atoms with Gasteiger partial charge in [-0.15, -0.1) is 24.0 Å². The lowest BCUT2D eigenvalue weighted by Crippen LogP contribution is -2.45. The number of halogens is 2. The predicted molar refractivity (Wildman–Crippen MR) is 131 cm³/mol. The monoisotopic (exact) mass is 572 g/mol. The molecule has 1 aromatic carbocycles. The van der Waals surface area contributed by atoms with Crippen LogP contribution in [0.15, 0.2) is 29.3 Å². The molecule has 1 fully saturated rings. The molecule has 1 aliphatic heterocycles. The largest absolute Gasteiger partial charge is 0.486 e. The number of nitrogens with one attached hydrogen (secondary N) is 3. The quantitative estimate of drug-likeness (QED) is 0.214.